The summed E-state index contributed by atoms with van der Waals surface area (Å²) in [6.45, 7) is 8.59. The van der Waals surface area contributed by atoms with Crippen LogP contribution in [0.2, 0.25) is 0 Å². The molecule has 0 aromatic heterocycles. The summed E-state index contributed by atoms with van der Waals surface area (Å²) in [7, 11) is 0. The van der Waals surface area contributed by atoms with Crippen LogP contribution in [-0.4, -0.2) is 61.0 Å². The van der Waals surface area contributed by atoms with Crippen molar-refractivity contribution in [3.8, 4) is 0 Å². The number of nitrogens with two attached hydrogens (primary N) is 1. The SMILES string of the molecule is Cc1cccc(N2CCN(C(=O)[C@@H]3CCCN(C(N)=O)C3)CC2)c1C. The fraction of sp³-hybridized carbons (Fsp3) is 0.579. The van der Waals surface area contributed by atoms with Gasteiger partial charge in [-0.05, 0) is 43.9 Å². The van der Waals surface area contributed by atoms with E-state index >= 15 is 0 Å². The summed E-state index contributed by atoms with van der Waals surface area (Å²) in [6, 6.07) is 5.96. The molecule has 2 aliphatic heterocycles. The maximum absolute atomic E-state index is 12.8. The van der Waals surface area contributed by atoms with Crippen LogP contribution in [-0.2, 0) is 4.79 Å². The van der Waals surface area contributed by atoms with Crippen LogP contribution >= 0.6 is 0 Å². The minimum Gasteiger partial charge on any atom is -0.368 e. The number of hydrogen-bond donors (Lipinski definition) is 1. The third-order valence-corrected chi connectivity index (χ3v) is 5.59. The quantitative estimate of drug-likeness (QED) is 0.888. The maximum Gasteiger partial charge on any atom is 0.314 e. The molecule has 0 unspecified atom stereocenters. The zero-order valence-corrected chi connectivity index (χ0v) is 15.2. The monoisotopic (exact) mass is 344 g/mol. The summed E-state index contributed by atoms with van der Waals surface area (Å²) < 4.78 is 0. The third kappa shape index (κ3) is 3.72. The van der Waals surface area contributed by atoms with Crippen molar-refractivity contribution in [1.29, 1.82) is 0 Å². The number of nitrogens with zero attached hydrogens (tertiary/aromatic N) is 3. The number of amides is 3. The average Bonchev–Trinajstić information content (AvgIpc) is 2.63. The van der Waals surface area contributed by atoms with Crippen LogP contribution in [0.5, 0.6) is 0 Å². The van der Waals surface area contributed by atoms with Gasteiger partial charge in [-0.15, -0.1) is 0 Å². The van der Waals surface area contributed by atoms with Crippen LogP contribution in [0.25, 0.3) is 0 Å². The number of aryl methyl sites for hydroxylation is 1. The second kappa shape index (κ2) is 7.33. The topological polar surface area (TPSA) is 69.9 Å². The van der Waals surface area contributed by atoms with E-state index in [9.17, 15) is 9.59 Å². The van der Waals surface area contributed by atoms with E-state index in [4.69, 9.17) is 5.73 Å². The van der Waals surface area contributed by atoms with Gasteiger partial charge in [-0.3, -0.25) is 4.79 Å². The summed E-state index contributed by atoms with van der Waals surface area (Å²) in [4.78, 5) is 30.1. The lowest BCUT2D eigenvalue weighted by atomic mass is 9.96. The van der Waals surface area contributed by atoms with Gasteiger partial charge in [0.05, 0.1) is 5.92 Å². The van der Waals surface area contributed by atoms with Crippen LogP contribution in [0, 0.1) is 19.8 Å². The van der Waals surface area contributed by atoms with Crippen molar-refractivity contribution in [2.75, 3.05) is 44.2 Å². The second-order valence-electron chi connectivity index (χ2n) is 7.15. The molecule has 2 fully saturated rings. The molecule has 2 saturated heterocycles. The first-order valence-electron chi connectivity index (χ1n) is 9.11. The molecule has 25 heavy (non-hydrogen) atoms. The standard InChI is InChI=1S/C19H28N4O2/c1-14-5-3-7-17(15(14)2)21-9-11-22(12-10-21)18(24)16-6-4-8-23(13-16)19(20)25/h3,5,7,16H,4,6,8-13H2,1-2H3,(H2,20,25)/t16-/m1/s1. The smallest absolute Gasteiger partial charge is 0.314 e. The molecule has 0 saturated carbocycles. The van der Waals surface area contributed by atoms with Gasteiger partial charge in [0.25, 0.3) is 0 Å². The Morgan fingerprint density at radius 3 is 2.44 bits per heavy atom. The van der Waals surface area contributed by atoms with E-state index in [1.807, 2.05) is 4.90 Å². The molecule has 0 bridgehead atoms. The van der Waals surface area contributed by atoms with Crippen LogP contribution < -0.4 is 10.6 Å². The van der Waals surface area contributed by atoms with Crippen LogP contribution in [0.3, 0.4) is 0 Å². The summed E-state index contributed by atoms with van der Waals surface area (Å²) in [6.07, 6.45) is 1.70. The Hall–Kier alpha value is -2.24. The van der Waals surface area contributed by atoms with Crippen molar-refractivity contribution in [2.45, 2.75) is 26.7 Å². The first-order chi connectivity index (χ1) is 12.0. The number of benzene rings is 1. The van der Waals surface area contributed by atoms with Gasteiger partial charge in [-0.25, -0.2) is 4.79 Å². The minimum absolute atomic E-state index is 0.103. The highest BCUT2D eigenvalue weighted by Crippen LogP contribution is 2.25. The van der Waals surface area contributed by atoms with Crippen molar-refractivity contribution in [2.24, 2.45) is 11.7 Å². The van der Waals surface area contributed by atoms with Crippen LogP contribution in [0.1, 0.15) is 24.0 Å². The van der Waals surface area contributed by atoms with Crippen LogP contribution in [0.4, 0.5) is 10.5 Å². The molecule has 2 N–H and O–H groups in total. The summed E-state index contributed by atoms with van der Waals surface area (Å²) in [5.74, 6) is 0.0695. The van der Waals surface area contributed by atoms with Gasteiger partial charge in [-0.2, -0.15) is 0 Å². The molecule has 3 rings (SSSR count). The molecule has 0 aliphatic carbocycles. The number of piperidine rings is 1. The number of rotatable bonds is 2. The van der Waals surface area contributed by atoms with Gasteiger partial charge in [0.15, 0.2) is 0 Å². The molecule has 1 aromatic carbocycles. The van der Waals surface area contributed by atoms with Gasteiger partial charge >= 0.3 is 6.03 Å². The predicted molar refractivity (Wildman–Crippen MR) is 98.6 cm³/mol. The van der Waals surface area contributed by atoms with Crippen LogP contribution in [0.15, 0.2) is 18.2 Å². The van der Waals surface area contributed by atoms with Crippen molar-refractivity contribution in [3.05, 3.63) is 29.3 Å². The average molecular weight is 344 g/mol. The Kier molecular flexibility index (Phi) is 5.16. The lowest BCUT2D eigenvalue weighted by Gasteiger charge is -2.40. The molecule has 1 aromatic rings. The number of hydrogen-bond acceptors (Lipinski definition) is 3. The number of carbonyl (C=O) groups is 2. The molecule has 2 aliphatic rings. The molecule has 6 heteroatoms. The van der Waals surface area contributed by atoms with Crippen molar-refractivity contribution in [3.63, 3.8) is 0 Å². The molecule has 136 valence electrons. The number of piperazine rings is 1. The lowest BCUT2D eigenvalue weighted by Crippen LogP contribution is -2.53. The largest absolute Gasteiger partial charge is 0.368 e. The molecule has 1 atom stereocenters. The molecule has 0 spiro atoms. The van der Waals surface area contributed by atoms with Crippen molar-refractivity contribution < 1.29 is 9.59 Å². The summed E-state index contributed by atoms with van der Waals surface area (Å²) >= 11 is 0. The van der Waals surface area contributed by atoms with E-state index in [-0.39, 0.29) is 11.8 Å². The minimum atomic E-state index is -0.419. The van der Waals surface area contributed by atoms with E-state index in [0.717, 1.165) is 39.0 Å². The summed E-state index contributed by atoms with van der Waals surface area (Å²) in [5, 5.41) is 0. The van der Waals surface area contributed by atoms with Gasteiger partial charge in [0, 0.05) is 45.0 Å². The zero-order chi connectivity index (χ0) is 18.0. The van der Waals surface area contributed by atoms with Gasteiger partial charge in [0.2, 0.25) is 5.91 Å². The second-order valence-corrected chi connectivity index (χ2v) is 7.15. The fourth-order valence-electron chi connectivity index (χ4n) is 3.88. The fourth-order valence-corrected chi connectivity index (χ4v) is 3.88. The Balaban J connectivity index is 1.59. The lowest BCUT2D eigenvalue weighted by molar-refractivity contribution is -0.137. The Labute approximate surface area is 149 Å². The van der Waals surface area contributed by atoms with Gasteiger partial charge in [0.1, 0.15) is 0 Å². The Morgan fingerprint density at radius 2 is 1.76 bits per heavy atom. The zero-order valence-electron chi connectivity index (χ0n) is 15.2. The molecule has 0 radical (unpaired) electrons. The number of urea groups is 1. The van der Waals surface area contributed by atoms with E-state index < -0.39 is 6.03 Å². The highest BCUT2D eigenvalue weighted by Gasteiger charge is 2.32. The highest BCUT2D eigenvalue weighted by atomic mass is 16.2. The molecule has 2 heterocycles. The third-order valence-electron chi connectivity index (χ3n) is 5.59. The first kappa shape index (κ1) is 17.6. The number of primary amides is 1. The molecular weight excluding hydrogens is 316 g/mol. The number of likely N-dealkylation sites (tertiary alicyclic amines) is 1. The number of anilines is 1. The molecule has 6 nitrogen and oxygen atoms in total. The number of carbonyl (C=O) groups excluding carboxylic acids is 2. The first-order valence-corrected chi connectivity index (χ1v) is 9.11. The Bertz CT molecular complexity index is 653. The van der Waals surface area contributed by atoms with Crippen molar-refractivity contribution in [1.82, 2.24) is 9.80 Å². The molecular formula is C19H28N4O2. The van der Waals surface area contributed by atoms with Crippen molar-refractivity contribution >= 4 is 17.6 Å². The normalized spacial score (nSPS) is 21.4. The predicted octanol–water partition coefficient (Wildman–Crippen LogP) is 1.74. The van der Waals surface area contributed by atoms with E-state index in [0.29, 0.717) is 13.1 Å². The Morgan fingerprint density at radius 1 is 1.04 bits per heavy atom. The van der Waals surface area contributed by atoms with E-state index in [2.05, 4.69) is 36.9 Å². The van der Waals surface area contributed by atoms with E-state index in [1.165, 1.54) is 16.8 Å². The van der Waals surface area contributed by atoms with Gasteiger partial charge < -0.3 is 20.4 Å². The maximum atomic E-state index is 12.8. The highest BCUT2D eigenvalue weighted by molar-refractivity contribution is 5.81. The molecule has 3 amide bonds. The van der Waals surface area contributed by atoms with Gasteiger partial charge in [-0.1, -0.05) is 12.1 Å². The van der Waals surface area contributed by atoms with E-state index in [1.54, 1.807) is 4.90 Å². The summed E-state index contributed by atoms with van der Waals surface area (Å²) in [5.41, 5.74) is 9.25.